The Bertz CT molecular complexity index is 1280. The fourth-order valence-corrected chi connectivity index (χ4v) is 5.39. The Morgan fingerprint density at radius 2 is 1.97 bits per heavy atom. The number of aliphatic hydroxyl groups excluding tert-OH is 1. The van der Waals surface area contributed by atoms with Crippen LogP contribution in [0.1, 0.15) is 40.3 Å². The van der Waals surface area contributed by atoms with Gasteiger partial charge in [0.25, 0.3) is 5.56 Å². The van der Waals surface area contributed by atoms with Crippen LogP contribution in [0.15, 0.2) is 46.1 Å². The van der Waals surface area contributed by atoms with Gasteiger partial charge in [0.05, 0.1) is 12.7 Å². The number of alkyl halides is 1. The van der Waals surface area contributed by atoms with E-state index in [2.05, 4.69) is 5.09 Å². The molecule has 2 unspecified atom stereocenters. The van der Waals surface area contributed by atoms with Crippen LogP contribution in [-0.2, 0) is 23.4 Å². The van der Waals surface area contributed by atoms with Gasteiger partial charge in [0.1, 0.15) is 24.0 Å². The molecule has 38 heavy (non-hydrogen) atoms. The average molecular weight is 578 g/mol. The lowest BCUT2D eigenvalue weighted by Gasteiger charge is -2.26. The number of hydrogen-bond donors (Lipinski definition) is 3. The number of halogens is 2. The summed E-state index contributed by atoms with van der Waals surface area (Å²) >= 11 is 5.90. The standard InChI is InChI=1S/C23H30ClFN3O9P/c1-5-16(20(31)35-13(2)3)27-38(33,37-15-8-6-14(24)7-9-15)34-12-17-19(30)23(4,25)21(36-17)28-11-10-18(29)26-22(28)32/h6-11,13,16-17,19,21,30H,5,12H2,1-4H3,(H,27,33)(H,26,29,32)/t16-,17+,19+,21?,23+,38?/m0/s1. The summed E-state index contributed by atoms with van der Waals surface area (Å²) < 4.78 is 51.9. The van der Waals surface area contributed by atoms with E-state index in [1.807, 2.05) is 4.98 Å². The van der Waals surface area contributed by atoms with Crippen LogP contribution in [-0.4, -0.2) is 57.3 Å². The third kappa shape index (κ3) is 7.10. The van der Waals surface area contributed by atoms with Crippen molar-refractivity contribution in [3.05, 3.63) is 62.4 Å². The molecule has 1 fully saturated rings. The second kappa shape index (κ2) is 12.1. The van der Waals surface area contributed by atoms with Crippen LogP contribution >= 0.6 is 19.3 Å². The first-order chi connectivity index (χ1) is 17.8. The SMILES string of the molecule is CC[C@H](NP(=O)(OC[C@H]1OC(n2ccc(=O)[nH]c2=O)[C@](C)(F)[C@@H]1O)Oc1ccc(Cl)cc1)C(=O)OC(C)C. The summed E-state index contributed by atoms with van der Waals surface area (Å²) in [6.45, 7) is 5.31. The Balaban J connectivity index is 1.84. The van der Waals surface area contributed by atoms with Gasteiger partial charge >= 0.3 is 19.4 Å². The molecule has 0 radical (unpaired) electrons. The molecular weight excluding hydrogens is 548 g/mol. The van der Waals surface area contributed by atoms with Gasteiger partial charge < -0.3 is 19.1 Å². The number of esters is 1. The molecule has 0 amide bonds. The van der Waals surface area contributed by atoms with Gasteiger partial charge in [-0.25, -0.2) is 13.8 Å². The Morgan fingerprint density at radius 1 is 1.32 bits per heavy atom. The van der Waals surface area contributed by atoms with Crippen LogP contribution in [0.5, 0.6) is 5.75 Å². The summed E-state index contributed by atoms with van der Waals surface area (Å²) in [6, 6.07) is 5.71. The van der Waals surface area contributed by atoms with Gasteiger partial charge in [-0.2, -0.15) is 5.09 Å². The summed E-state index contributed by atoms with van der Waals surface area (Å²) in [5.74, 6) is -0.616. The van der Waals surface area contributed by atoms with E-state index < -0.39 is 67.8 Å². The molecule has 1 aromatic heterocycles. The fraction of sp³-hybridized carbons (Fsp3) is 0.522. The van der Waals surface area contributed by atoms with E-state index >= 15 is 4.39 Å². The summed E-state index contributed by atoms with van der Waals surface area (Å²) in [6.07, 6.45) is -4.13. The number of aliphatic hydroxyl groups is 1. The number of aromatic nitrogens is 2. The molecule has 3 rings (SSSR count). The summed E-state index contributed by atoms with van der Waals surface area (Å²) in [4.78, 5) is 38.1. The zero-order chi connectivity index (χ0) is 28.3. The molecule has 1 aliphatic rings. The molecule has 1 aromatic carbocycles. The highest BCUT2D eigenvalue weighted by Gasteiger charge is 2.56. The van der Waals surface area contributed by atoms with Crippen LogP contribution in [0.2, 0.25) is 5.02 Å². The van der Waals surface area contributed by atoms with E-state index in [1.54, 1.807) is 20.8 Å². The van der Waals surface area contributed by atoms with Crippen LogP contribution in [0.4, 0.5) is 4.39 Å². The van der Waals surface area contributed by atoms with Crippen molar-refractivity contribution in [1.82, 2.24) is 14.6 Å². The normalized spacial score (nSPS) is 25.6. The van der Waals surface area contributed by atoms with Crippen molar-refractivity contribution in [3.8, 4) is 5.75 Å². The van der Waals surface area contributed by atoms with E-state index in [0.29, 0.717) is 5.02 Å². The zero-order valence-electron chi connectivity index (χ0n) is 21.1. The maximum absolute atomic E-state index is 15.5. The molecule has 2 heterocycles. The molecule has 3 N–H and O–H groups in total. The third-order valence-corrected chi connectivity index (χ3v) is 7.45. The van der Waals surface area contributed by atoms with E-state index in [9.17, 15) is 24.1 Å². The van der Waals surface area contributed by atoms with Gasteiger partial charge in [0, 0.05) is 17.3 Å². The number of nitrogens with one attached hydrogen (secondary N) is 2. The Hall–Kier alpha value is -2.54. The van der Waals surface area contributed by atoms with Crippen LogP contribution in [0.25, 0.3) is 0 Å². The van der Waals surface area contributed by atoms with E-state index in [0.717, 1.165) is 23.8 Å². The smallest absolute Gasteiger partial charge is 0.459 e. The molecular formula is C23H30ClFN3O9P. The minimum absolute atomic E-state index is 0.0817. The first-order valence-corrected chi connectivity index (χ1v) is 13.7. The summed E-state index contributed by atoms with van der Waals surface area (Å²) in [5.41, 5.74) is -4.15. The van der Waals surface area contributed by atoms with Crippen molar-refractivity contribution >= 4 is 25.3 Å². The highest BCUT2D eigenvalue weighted by molar-refractivity contribution is 7.52. The quantitative estimate of drug-likeness (QED) is 0.268. The van der Waals surface area contributed by atoms with Gasteiger partial charge in [-0.15, -0.1) is 0 Å². The summed E-state index contributed by atoms with van der Waals surface area (Å²) in [7, 11) is -4.38. The molecule has 210 valence electrons. The Labute approximate surface area is 222 Å². The number of carbonyl (C=O) groups is 1. The number of ether oxygens (including phenoxy) is 2. The van der Waals surface area contributed by atoms with Gasteiger partial charge in [0.2, 0.25) is 0 Å². The molecule has 12 nitrogen and oxygen atoms in total. The molecule has 2 aromatic rings. The molecule has 6 atom stereocenters. The van der Waals surface area contributed by atoms with Crippen LogP contribution in [0.3, 0.4) is 0 Å². The second-order valence-electron chi connectivity index (χ2n) is 9.05. The lowest BCUT2D eigenvalue weighted by Crippen LogP contribution is -2.44. The van der Waals surface area contributed by atoms with Crippen molar-refractivity contribution in [2.75, 3.05) is 6.61 Å². The van der Waals surface area contributed by atoms with E-state index in [4.69, 9.17) is 30.1 Å². The summed E-state index contributed by atoms with van der Waals surface area (Å²) in [5, 5.41) is 13.6. The molecule has 0 aliphatic carbocycles. The van der Waals surface area contributed by atoms with Crippen LogP contribution < -0.4 is 20.9 Å². The lowest BCUT2D eigenvalue weighted by atomic mass is 9.98. The number of H-pyrrole nitrogens is 1. The number of carbonyl (C=O) groups excluding carboxylic acids is 1. The first-order valence-electron chi connectivity index (χ1n) is 11.8. The number of rotatable bonds is 11. The average Bonchev–Trinajstić information content (AvgIpc) is 3.06. The maximum atomic E-state index is 15.5. The molecule has 0 spiro atoms. The number of aromatic amines is 1. The largest absolute Gasteiger partial charge is 0.462 e. The van der Waals surface area contributed by atoms with Crippen molar-refractivity contribution in [3.63, 3.8) is 0 Å². The molecule has 1 saturated heterocycles. The fourth-order valence-electron chi connectivity index (χ4n) is 3.67. The first kappa shape index (κ1) is 30.0. The number of nitrogens with zero attached hydrogens (tertiary/aromatic N) is 1. The van der Waals surface area contributed by atoms with Crippen molar-refractivity contribution in [2.24, 2.45) is 0 Å². The minimum Gasteiger partial charge on any atom is -0.462 e. The topological polar surface area (TPSA) is 158 Å². The number of benzene rings is 1. The van der Waals surface area contributed by atoms with Crippen molar-refractivity contribution < 1.29 is 37.4 Å². The Kier molecular flexibility index (Phi) is 9.56. The number of hydrogen-bond acceptors (Lipinski definition) is 9. The monoisotopic (exact) mass is 577 g/mol. The molecule has 1 aliphatic heterocycles. The highest BCUT2D eigenvalue weighted by Crippen LogP contribution is 2.47. The predicted molar refractivity (Wildman–Crippen MR) is 135 cm³/mol. The van der Waals surface area contributed by atoms with Gasteiger partial charge in [-0.05, 0) is 51.5 Å². The third-order valence-electron chi connectivity index (χ3n) is 5.63. The molecule has 0 saturated carbocycles. The molecule has 0 bridgehead atoms. The zero-order valence-corrected chi connectivity index (χ0v) is 22.8. The van der Waals surface area contributed by atoms with Gasteiger partial charge in [-0.1, -0.05) is 18.5 Å². The maximum Gasteiger partial charge on any atom is 0.459 e. The van der Waals surface area contributed by atoms with Crippen molar-refractivity contribution in [2.45, 2.75) is 70.4 Å². The van der Waals surface area contributed by atoms with Crippen LogP contribution in [0, 0.1) is 0 Å². The van der Waals surface area contributed by atoms with Crippen molar-refractivity contribution in [1.29, 1.82) is 0 Å². The van der Waals surface area contributed by atoms with Gasteiger partial charge in [0.15, 0.2) is 11.9 Å². The van der Waals surface area contributed by atoms with Gasteiger partial charge in [-0.3, -0.25) is 23.7 Å². The predicted octanol–water partition coefficient (Wildman–Crippen LogP) is 2.70. The Morgan fingerprint density at radius 3 is 2.55 bits per heavy atom. The van der Waals surface area contributed by atoms with E-state index in [-0.39, 0.29) is 12.2 Å². The second-order valence-corrected chi connectivity index (χ2v) is 11.2. The highest BCUT2D eigenvalue weighted by atomic mass is 35.5. The minimum atomic E-state index is -4.38. The van der Waals surface area contributed by atoms with E-state index in [1.165, 1.54) is 24.3 Å². The molecule has 15 heteroatoms. The lowest BCUT2D eigenvalue weighted by molar-refractivity contribution is -0.149.